The van der Waals surface area contributed by atoms with Crippen molar-refractivity contribution in [1.82, 2.24) is 21.2 Å². The fourth-order valence-corrected chi connectivity index (χ4v) is 4.43. The smallest absolute Gasteiger partial charge is 0.281 e. The predicted molar refractivity (Wildman–Crippen MR) is 128 cm³/mol. The SMILES string of the molecule is Cc1nc(N2CCOCC2)sc1C(=O)NNC(=O)C(CC(C)C)NC(=O)c1ccc(Cl)cc1. The number of carbonyl (C=O) groups is 3. The molecule has 178 valence electrons. The van der Waals surface area contributed by atoms with Crippen LogP contribution in [0.25, 0.3) is 0 Å². The first-order chi connectivity index (χ1) is 15.7. The summed E-state index contributed by atoms with van der Waals surface area (Å²) in [5.74, 6) is -1.21. The van der Waals surface area contributed by atoms with Gasteiger partial charge in [-0.3, -0.25) is 25.2 Å². The van der Waals surface area contributed by atoms with Crippen molar-refractivity contribution in [3.63, 3.8) is 0 Å². The van der Waals surface area contributed by atoms with Crippen LogP contribution in [0, 0.1) is 12.8 Å². The van der Waals surface area contributed by atoms with E-state index in [0.29, 0.717) is 40.8 Å². The van der Waals surface area contributed by atoms with Gasteiger partial charge in [-0.25, -0.2) is 4.98 Å². The molecule has 3 amide bonds. The van der Waals surface area contributed by atoms with Crippen molar-refractivity contribution < 1.29 is 19.1 Å². The van der Waals surface area contributed by atoms with Crippen molar-refractivity contribution in [1.29, 1.82) is 0 Å². The molecule has 0 spiro atoms. The van der Waals surface area contributed by atoms with Crippen molar-refractivity contribution >= 4 is 45.8 Å². The van der Waals surface area contributed by atoms with Crippen LogP contribution in [0.1, 0.15) is 46.0 Å². The molecule has 2 aromatic rings. The lowest BCUT2D eigenvalue weighted by atomic mass is 10.0. The third kappa shape index (κ3) is 6.89. The second-order valence-corrected chi connectivity index (χ2v) is 9.53. The van der Waals surface area contributed by atoms with Crippen molar-refractivity contribution in [2.45, 2.75) is 33.2 Å². The normalized spacial score (nSPS) is 14.6. The molecular weight excluding hydrogens is 466 g/mol. The Morgan fingerprint density at radius 3 is 2.42 bits per heavy atom. The number of hydrogen-bond acceptors (Lipinski definition) is 7. The molecule has 1 aromatic carbocycles. The van der Waals surface area contributed by atoms with Crippen LogP contribution in [0.2, 0.25) is 5.02 Å². The molecule has 0 bridgehead atoms. The van der Waals surface area contributed by atoms with Crippen LogP contribution >= 0.6 is 22.9 Å². The summed E-state index contributed by atoms with van der Waals surface area (Å²) in [5, 5.41) is 4.00. The highest BCUT2D eigenvalue weighted by molar-refractivity contribution is 7.17. The second kappa shape index (κ2) is 11.4. The van der Waals surface area contributed by atoms with Crippen LogP contribution in [0.15, 0.2) is 24.3 Å². The zero-order valence-corrected chi connectivity index (χ0v) is 20.4. The summed E-state index contributed by atoms with van der Waals surface area (Å²) in [5.41, 5.74) is 5.87. The molecule has 1 aromatic heterocycles. The van der Waals surface area contributed by atoms with Crippen LogP contribution in [0.5, 0.6) is 0 Å². The number of nitrogens with zero attached hydrogens (tertiary/aromatic N) is 2. The van der Waals surface area contributed by atoms with Crippen LogP contribution in [-0.4, -0.2) is 55.1 Å². The van der Waals surface area contributed by atoms with Gasteiger partial charge in [-0.05, 0) is 43.5 Å². The van der Waals surface area contributed by atoms with E-state index in [4.69, 9.17) is 16.3 Å². The molecule has 1 fully saturated rings. The molecule has 9 nitrogen and oxygen atoms in total. The molecule has 2 heterocycles. The average molecular weight is 494 g/mol. The summed E-state index contributed by atoms with van der Waals surface area (Å²) in [6.45, 7) is 8.32. The number of aryl methyl sites for hydroxylation is 1. The Labute approximate surface area is 201 Å². The Morgan fingerprint density at radius 2 is 1.79 bits per heavy atom. The third-order valence-electron chi connectivity index (χ3n) is 5.01. The molecule has 1 unspecified atom stereocenters. The average Bonchev–Trinajstić information content (AvgIpc) is 3.19. The van der Waals surface area contributed by atoms with E-state index in [2.05, 4.69) is 26.1 Å². The van der Waals surface area contributed by atoms with E-state index in [1.54, 1.807) is 31.2 Å². The van der Waals surface area contributed by atoms with Crippen LogP contribution in [0.3, 0.4) is 0 Å². The molecule has 33 heavy (non-hydrogen) atoms. The van der Waals surface area contributed by atoms with Crippen LogP contribution < -0.4 is 21.1 Å². The molecule has 0 saturated carbocycles. The van der Waals surface area contributed by atoms with Gasteiger partial charge in [-0.15, -0.1) is 0 Å². The Balaban J connectivity index is 1.61. The zero-order chi connectivity index (χ0) is 24.0. The zero-order valence-electron chi connectivity index (χ0n) is 18.8. The number of halogens is 1. The van der Waals surface area contributed by atoms with E-state index >= 15 is 0 Å². The van der Waals surface area contributed by atoms with E-state index in [0.717, 1.165) is 18.2 Å². The second-order valence-electron chi connectivity index (χ2n) is 8.12. The quantitative estimate of drug-likeness (QED) is 0.511. The standard InChI is InChI=1S/C22H28ClN5O4S/c1-13(2)12-17(25-19(29)15-4-6-16(23)7-5-15)20(30)26-27-21(31)18-14(3)24-22(33-18)28-8-10-32-11-9-28/h4-7,13,17H,8-12H2,1-3H3,(H,25,29)(H,26,30)(H,27,31). The first-order valence-corrected chi connectivity index (χ1v) is 11.9. The van der Waals surface area contributed by atoms with Gasteiger partial charge in [-0.1, -0.05) is 36.8 Å². The van der Waals surface area contributed by atoms with Crippen molar-refractivity contribution in [3.05, 3.63) is 45.4 Å². The highest BCUT2D eigenvalue weighted by Gasteiger charge is 2.25. The van der Waals surface area contributed by atoms with Gasteiger partial charge in [0.25, 0.3) is 17.7 Å². The molecule has 0 aliphatic carbocycles. The molecule has 11 heteroatoms. The third-order valence-corrected chi connectivity index (χ3v) is 6.48. The first kappa shape index (κ1) is 24.9. The monoisotopic (exact) mass is 493 g/mol. The van der Waals surface area contributed by atoms with Gasteiger partial charge >= 0.3 is 0 Å². The number of rotatable bonds is 7. The molecule has 3 N–H and O–H groups in total. The summed E-state index contributed by atoms with van der Waals surface area (Å²) in [7, 11) is 0. The Kier molecular flexibility index (Phi) is 8.65. The summed E-state index contributed by atoms with van der Waals surface area (Å²) in [4.78, 5) is 45.0. The predicted octanol–water partition coefficient (Wildman–Crippen LogP) is 2.55. The fraction of sp³-hybridized carbons (Fsp3) is 0.455. The number of thiazole rings is 1. The number of ether oxygens (including phenoxy) is 1. The van der Waals surface area contributed by atoms with E-state index in [1.807, 2.05) is 13.8 Å². The van der Waals surface area contributed by atoms with E-state index < -0.39 is 23.8 Å². The highest BCUT2D eigenvalue weighted by atomic mass is 35.5. The molecule has 1 aliphatic heterocycles. The van der Waals surface area contributed by atoms with Gasteiger partial charge in [0.15, 0.2) is 5.13 Å². The minimum atomic E-state index is -0.819. The van der Waals surface area contributed by atoms with Crippen molar-refractivity contribution in [3.8, 4) is 0 Å². The lowest BCUT2D eigenvalue weighted by Gasteiger charge is -2.26. The highest BCUT2D eigenvalue weighted by Crippen LogP contribution is 2.26. The minimum absolute atomic E-state index is 0.141. The number of amides is 3. The van der Waals surface area contributed by atoms with Gasteiger partial charge in [0.1, 0.15) is 10.9 Å². The molecule has 1 atom stereocenters. The van der Waals surface area contributed by atoms with Gasteiger partial charge < -0.3 is 15.0 Å². The minimum Gasteiger partial charge on any atom is -0.378 e. The molecule has 3 rings (SSSR count). The van der Waals surface area contributed by atoms with Gasteiger partial charge in [0.05, 0.1) is 18.9 Å². The topological polar surface area (TPSA) is 113 Å². The fourth-order valence-electron chi connectivity index (χ4n) is 3.29. The lowest BCUT2D eigenvalue weighted by molar-refractivity contribution is -0.124. The Hall–Kier alpha value is -2.69. The van der Waals surface area contributed by atoms with E-state index in [1.165, 1.54) is 11.3 Å². The summed E-state index contributed by atoms with van der Waals surface area (Å²) in [6, 6.07) is 5.57. The maximum Gasteiger partial charge on any atom is 0.281 e. The molecule has 1 saturated heterocycles. The summed E-state index contributed by atoms with van der Waals surface area (Å²) >= 11 is 7.14. The largest absolute Gasteiger partial charge is 0.378 e. The van der Waals surface area contributed by atoms with Crippen molar-refractivity contribution in [2.24, 2.45) is 5.92 Å². The number of anilines is 1. The lowest BCUT2D eigenvalue weighted by Crippen LogP contribution is -2.52. The van der Waals surface area contributed by atoms with E-state index in [-0.39, 0.29) is 5.92 Å². The van der Waals surface area contributed by atoms with Crippen LogP contribution in [-0.2, 0) is 9.53 Å². The number of benzene rings is 1. The Morgan fingerprint density at radius 1 is 1.12 bits per heavy atom. The molecule has 0 radical (unpaired) electrons. The molecule has 1 aliphatic rings. The maximum atomic E-state index is 12.8. The summed E-state index contributed by atoms with van der Waals surface area (Å²) < 4.78 is 5.35. The summed E-state index contributed by atoms with van der Waals surface area (Å²) in [6.07, 6.45) is 0.405. The number of nitrogens with one attached hydrogen (secondary N) is 3. The number of carbonyl (C=O) groups excluding carboxylic acids is 3. The van der Waals surface area contributed by atoms with Crippen molar-refractivity contribution in [2.75, 3.05) is 31.2 Å². The molecular formula is C22H28ClN5O4S. The van der Waals surface area contributed by atoms with Gasteiger partial charge in [0, 0.05) is 23.7 Å². The van der Waals surface area contributed by atoms with Gasteiger partial charge in [0.2, 0.25) is 0 Å². The van der Waals surface area contributed by atoms with Crippen LogP contribution in [0.4, 0.5) is 5.13 Å². The number of aromatic nitrogens is 1. The number of hydrazine groups is 1. The first-order valence-electron chi connectivity index (χ1n) is 10.7. The maximum absolute atomic E-state index is 12.8. The Bertz CT molecular complexity index is 989. The number of morpholine rings is 1. The van der Waals surface area contributed by atoms with Gasteiger partial charge in [-0.2, -0.15) is 0 Å². The van der Waals surface area contributed by atoms with E-state index in [9.17, 15) is 14.4 Å². The number of hydrogen-bond donors (Lipinski definition) is 3.